The topological polar surface area (TPSA) is 168 Å². The van der Waals surface area contributed by atoms with E-state index < -0.39 is 37.3 Å². The van der Waals surface area contributed by atoms with E-state index >= 15 is 0 Å². The molecule has 2 aromatic rings. The van der Waals surface area contributed by atoms with Gasteiger partial charge in [-0.15, -0.1) is 0 Å². The third-order valence-electron chi connectivity index (χ3n) is 4.76. The van der Waals surface area contributed by atoms with E-state index in [1.807, 2.05) is 4.72 Å². The molecule has 4 N–H and O–H groups in total. The lowest BCUT2D eigenvalue weighted by molar-refractivity contribution is -0.384. The maximum Gasteiger partial charge on any atom is 0.293 e. The molecule has 2 rings (SSSR count). The summed E-state index contributed by atoms with van der Waals surface area (Å²) in [5.41, 5.74) is 1.48. The first-order valence-electron chi connectivity index (χ1n) is 10.3. The standard InChI is InChI=1S/C21H26N4O7S/c26-20(23-28)11-7-2-1-3-8-14-22-18-13-12-17(15-19(18)25(29)30)33(31,32)24-21(27)16-9-5-4-6-10-16/h4-6,9-10,12-13,15,22,28H,1-3,7-8,11,14H2,(H,23,26)(H,24,27). The first kappa shape index (κ1) is 25.7. The van der Waals surface area contributed by atoms with Gasteiger partial charge in [0, 0.05) is 24.6 Å². The highest BCUT2D eigenvalue weighted by atomic mass is 32.2. The number of carbonyl (C=O) groups excluding carboxylic acids is 2. The summed E-state index contributed by atoms with van der Waals surface area (Å²) in [7, 11) is -4.30. The van der Waals surface area contributed by atoms with E-state index in [4.69, 9.17) is 5.21 Å². The molecule has 11 nitrogen and oxygen atoms in total. The average Bonchev–Trinajstić information content (AvgIpc) is 2.80. The molecule has 0 fully saturated rings. The highest BCUT2D eigenvalue weighted by Gasteiger charge is 2.23. The molecule has 0 aliphatic heterocycles. The molecule has 0 bridgehead atoms. The van der Waals surface area contributed by atoms with E-state index in [1.54, 1.807) is 23.7 Å². The van der Waals surface area contributed by atoms with Gasteiger partial charge in [0.25, 0.3) is 21.6 Å². The maximum absolute atomic E-state index is 12.5. The van der Waals surface area contributed by atoms with Crippen LogP contribution in [-0.4, -0.2) is 36.9 Å². The van der Waals surface area contributed by atoms with Gasteiger partial charge in [-0.05, 0) is 37.1 Å². The molecule has 0 atom stereocenters. The SMILES string of the molecule is O=C(CCCCCCCNc1ccc(S(=O)(=O)NC(=O)c2ccccc2)cc1[N+](=O)[O-])NO. The Balaban J connectivity index is 1.93. The van der Waals surface area contributed by atoms with Gasteiger partial charge in [-0.25, -0.2) is 18.6 Å². The monoisotopic (exact) mass is 478 g/mol. The number of hydrogen-bond donors (Lipinski definition) is 4. The number of hydroxylamine groups is 1. The second kappa shape index (κ2) is 12.5. The van der Waals surface area contributed by atoms with E-state index in [0.29, 0.717) is 13.0 Å². The van der Waals surface area contributed by atoms with Gasteiger partial charge in [0.1, 0.15) is 5.69 Å². The van der Waals surface area contributed by atoms with Gasteiger partial charge in [-0.3, -0.25) is 24.9 Å². The van der Waals surface area contributed by atoms with Crippen molar-refractivity contribution < 1.29 is 28.1 Å². The number of unbranched alkanes of at least 4 members (excludes halogenated alkanes) is 4. The third-order valence-corrected chi connectivity index (χ3v) is 6.09. The third kappa shape index (κ3) is 8.16. The Morgan fingerprint density at radius 1 is 0.970 bits per heavy atom. The molecular weight excluding hydrogens is 452 g/mol. The highest BCUT2D eigenvalue weighted by molar-refractivity contribution is 7.90. The molecule has 0 saturated carbocycles. The molecule has 0 saturated heterocycles. The van der Waals surface area contributed by atoms with E-state index in [1.165, 1.54) is 24.3 Å². The summed E-state index contributed by atoms with van der Waals surface area (Å²) in [5, 5.41) is 22.8. The molecule has 2 amide bonds. The number of rotatable bonds is 13. The van der Waals surface area contributed by atoms with Crippen LogP contribution in [-0.2, 0) is 14.8 Å². The van der Waals surface area contributed by atoms with Gasteiger partial charge in [-0.2, -0.15) is 0 Å². The predicted molar refractivity (Wildman–Crippen MR) is 120 cm³/mol. The minimum Gasteiger partial charge on any atom is -0.379 e. The summed E-state index contributed by atoms with van der Waals surface area (Å²) in [6.45, 7) is 0.439. The van der Waals surface area contributed by atoms with E-state index in [9.17, 15) is 28.1 Å². The van der Waals surface area contributed by atoms with Crippen LogP contribution in [0.4, 0.5) is 11.4 Å². The largest absolute Gasteiger partial charge is 0.379 e. The molecular formula is C21H26N4O7S. The fourth-order valence-corrected chi connectivity index (χ4v) is 4.02. The van der Waals surface area contributed by atoms with Gasteiger partial charge < -0.3 is 5.32 Å². The quantitative estimate of drug-likeness (QED) is 0.147. The van der Waals surface area contributed by atoms with Crippen molar-refractivity contribution in [3.63, 3.8) is 0 Å². The van der Waals surface area contributed by atoms with Crippen LogP contribution < -0.4 is 15.5 Å². The fraction of sp³-hybridized carbons (Fsp3) is 0.333. The van der Waals surface area contributed by atoms with Crippen molar-refractivity contribution in [1.29, 1.82) is 0 Å². The fourth-order valence-electron chi connectivity index (χ4n) is 3.03. The van der Waals surface area contributed by atoms with Gasteiger partial charge in [-0.1, -0.05) is 37.5 Å². The zero-order chi connectivity index (χ0) is 24.3. The van der Waals surface area contributed by atoms with Gasteiger partial charge in [0.15, 0.2) is 0 Å². The van der Waals surface area contributed by atoms with Crippen molar-refractivity contribution in [3.05, 3.63) is 64.2 Å². The second-order valence-electron chi connectivity index (χ2n) is 7.22. The number of sulfonamides is 1. The van der Waals surface area contributed by atoms with Crippen LogP contribution >= 0.6 is 0 Å². The second-order valence-corrected chi connectivity index (χ2v) is 8.90. The molecule has 0 radical (unpaired) electrons. The molecule has 178 valence electrons. The smallest absolute Gasteiger partial charge is 0.293 e. The zero-order valence-corrected chi connectivity index (χ0v) is 18.6. The van der Waals surface area contributed by atoms with Crippen molar-refractivity contribution in [2.24, 2.45) is 0 Å². The highest BCUT2D eigenvalue weighted by Crippen LogP contribution is 2.27. The Kier molecular flexibility index (Phi) is 9.76. The summed E-state index contributed by atoms with van der Waals surface area (Å²) < 4.78 is 27.0. The normalized spacial score (nSPS) is 10.9. The molecule has 0 aliphatic rings. The summed E-state index contributed by atoms with van der Waals surface area (Å²) in [4.78, 5) is 33.5. The van der Waals surface area contributed by atoms with Gasteiger partial charge >= 0.3 is 0 Å². The molecule has 0 unspecified atom stereocenters. The Labute approximate surface area is 191 Å². The molecule has 12 heteroatoms. The number of nitrogens with one attached hydrogen (secondary N) is 3. The van der Waals surface area contributed by atoms with E-state index in [-0.39, 0.29) is 17.7 Å². The summed E-state index contributed by atoms with van der Waals surface area (Å²) in [6.07, 6.45) is 4.13. The Morgan fingerprint density at radius 2 is 1.64 bits per heavy atom. The van der Waals surface area contributed by atoms with Crippen LogP contribution in [0.25, 0.3) is 0 Å². The summed E-state index contributed by atoms with van der Waals surface area (Å²) >= 11 is 0. The van der Waals surface area contributed by atoms with Crippen molar-refractivity contribution in [2.75, 3.05) is 11.9 Å². The van der Waals surface area contributed by atoms with E-state index in [0.717, 1.165) is 31.7 Å². The maximum atomic E-state index is 12.5. The van der Waals surface area contributed by atoms with E-state index in [2.05, 4.69) is 5.32 Å². The zero-order valence-electron chi connectivity index (χ0n) is 17.8. The first-order valence-corrected chi connectivity index (χ1v) is 11.8. The van der Waals surface area contributed by atoms with Crippen LogP contribution in [0, 0.1) is 10.1 Å². The number of benzene rings is 2. The molecule has 0 aliphatic carbocycles. The number of nitrogens with zero attached hydrogens (tertiary/aromatic N) is 1. The number of nitro groups is 1. The molecule has 0 aromatic heterocycles. The number of nitro benzene ring substituents is 1. The Morgan fingerprint density at radius 3 is 2.30 bits per heavy atom. The molecule has 2 aromatic carbocycles. The minimum atomic E-state index is -4.30. The molecule has 33 heavy (non-hydrogen) atoms. The van der Waals surface area contributed by atoms with Crippen molar-refractivity contribution >= 4 is 33.2 Å². The average molecular weight is 479 g/mol. The molecule has 0 spiro atoms. The number of amides is 2. The summed E-state index contributed by atoms with van der Waals surface area (Å²) in [6, 6.07) is 11.2. The minimum absolute atomic E-state index is 0.144. The lowest BCUT2D eigenvalue weighted by atomic mass is 10.1. The lowest BCUT2D eigenvalue weighted by Gasteiger charge is -2.10. The Hall–Kier alpha value is -3.51. The number of anilines is 1. The number of hydrogen-bond acceptors (Lipinski definition) is 8. The van der Waals surface area contributed by atoms with Crippen molar-refractivity contribution in [1.82, 2.24) is 10.2 Å². The first-order chi connectivity index (χ1) is 15.7. The van der Waals surface area contributed by atoms with Crippen LogP contribution in [0.5, 0.6) is 0 Å². The van der Waals surface area contributed by atoms with Crippen LogP contribution in [0.3, 0.4) is 0 Å². The van der Waals surface area contributed by atoms with Crippen molar-refractivity contribution in [3.8, 4) is 0 Å². The predicted octanol–water partition coefficient (Wildman–Crippen LogP) is 2.97. The Bertz CT molecular complexity index is 1080. The van der Waals surface area contributed by atoms with Crippen LogP contribution in [0.1, 0.15) is 48.9 Å². The van der Waals surface area contributed by atoms with Gasteiger partial charge in [0.05, 0.1) is 9.82 Å². The van der Waals surface area contributed by atoms with Crippen molar-refractivity contribution in [2.45, 2.75) is 43.4 Å². The van der Waals surface area contributed by atoms with Crippen LogP contribution in [0.2, 0.25) is 0 Å². The molecule has 0 heterocycles. The number of carbonyl (C=O) groups is 2. The summed E-state index contributed by atoms with van der Waals surface area (Å²) in [5.74, 6) is -1.26. The lowest BCUT2D eigenvalue weighted by Crippen LogP contribution is -2.30. The van der Waals surface area contributed by atoms with Gasteiger partial charge in [0.2, 0.25) is 5.91 Å². The van der Waals surface area contributed by atoms with Crippen LogP contribution in [0.15, 0.2) is 53.4 Å².